The van der Waals surface area contributed by atoms with Crippen LogP contribution in [0.25, 0.3) is 0 Å². The highest BCUT2D eigenvalue weighted by molar-refractivity contribution is 7.93. The minimum atomic E-state index is -5.58. The van der Waals surface area contributed by atoms with Gasteiger partial charge in [0.05, 0.1) is 11.4 Å². The number of hydrogen-bond donors (Lipinski definition) is 0. The number of oxime groups is 1. The van der Waals surface area contributed by atoms with E-state index in [1.54, 1.807) is 24.3 Å². The van der Waals surface area contributed by atoms with Crippen molar-refractivity contribution in [2.24, 2.45) is 5.16 Å². The molecule has 0 aromatic heterocycles. The third-order valence-electron chi connectivity index (χ3n) is 3.69. The normalized spacial score (nSPS) is 12.8. The molecule has 5 nitrogen and oxygen atoms in total. The molecule has 0 atom stereocenters. The topological polar surface area (TPSA) is 59.0 Å². The summed E-state index contributed by atoms with van der Waals surface area (Å²) in [6, 6.07) is 10.5. The van der Waals surface area contributed by atoms with Gasteiger partial charge in [-0.3, -0.25) is 4.31 Å². The molecular weight excluding hydrogens is 440 g/mol. The predicted molar refractivity (Wildman–Crippen MR) is 103 cm³/mol. The SMILES string of the molecule is C/C(=N\OCc1ccc(Cl)cc1)c1cc(Cl)ccc1N(C)S(=O)(=O)C(F)(F)F. The van der Waals surface area contributed by atoms with Gasteiger partial charge in [0.25, 0.3) is 0 Å². The van der Waals surface area contributed by atoms with Gasteiger partial charge in [0.2, 0.25) is 0 Å². The molecule has 0 amide bonds. The van der Waals surface area contributed by atoms with Gasteiger partial charge >= 0.3 is 15.5 Å². The van der Waals surface area contributed by atoms with Gasteiger partial charge in [-0.15, -0.1) is 0 Å². The molecule has 2 aromatic carbocycles. The molecule has 0 heterocycles. The van der Waals surface area contributed by atoms with Gasteiger partial charge in [0.15, 0.2) is 0 Å². The Balaban J connectivity index is 2.31. The lowest BCUT2D eigenvalue weighted by atomic mass is 10.1. The van der Waals surface area contributed by atoms with Gasteiger partial charge in [0, 0.05) is 22.7 Å². The Morgan fingerprint density at radius 3 is 2.25 bits per heavy atom. The average molecular weight is 455 g/mol. The number of alkyl halides is 3. The van der Waals surface area contributed by atoms with E-state index in [9.17, 15) is 21.6 Å². The maximum Gasteiger partial charge on any atom is 0.516 e. The lowest BCUT2D eigenvalue weighted by molar-refractivity contribution is -0.0437. The number of halogens is 5. The molecule has 0 radical (unpaired) electrons. The molecule has 11 heteroatoms. The molecule has 28 heavy (non-hydrogen) atoms. The summed E-state index contributed by atoms with van der Waals surface area (Å²) in [5.41, 5.74) is -4.69. The minimum Gasteiger partial charge on any atom is -0.391 e. The van der Waals surface area contributed by atoms with E-state index in [0.717, 1.165) is 12.6 Å². The fourth-order valence-electron chi connectivity index (χ4n) is 2.19. The Labute approximate surface area is 170 Å². The fraction of sp³-hybridized carbons (Fsp3) is 0.235. The Morgan fingerprint density at radius 2 is 1.68 bits per heavy atom. The molecule has 0 aliphatic carbocycles. The van der Waals surface area contributed by atoms with E-state index in [1.165, 1.54) is 25.1 Å². The van der Waals surface area contributed by atoms with Crippen molar-refractivity contribution in [1.82, 2.24) is 0 Å². The second-order valence-corrected chi connectivity index (χ2v) is 8.49. The molecular formula is C17H15Cl2F3N2O3S. The van der Waals surface area contributed by atoms with Crippen LogP contribution in [0.1, 0.15) is 18.1 Å². The summed E-state index contributed by atoms with van der Waals surface area (Å²) in [5, 5.41) is 4.62. The van der Waals surface area contributed by atoms with Gasteiger partial charge in [-0.2, -0.15) is 21.6 Å². The number of nitrogens with zero attached hydrogens (tertiary/aromatic N) is 2. The van der Waals surface area contributed by atoms with Crippen molar-refractivity contribution in [3.05, 3.63) is 63.6 Å². The molecule has 0 saturated carbocycles. The summed E-state index contributed by atoms with van der Waals surface area (Å²) in [5.74, 6) is 0. The van der Waals surface area contributed by atoms with Crippen LogP contribution in [0.15, 0.2) is 47.6 Å². The maximum absolute atomic E-state index is 12.9. The van der Waals surface area contributed by atoms with Crippen molar-refractivity contribution in [3.63, 3.8) is 0 Å². The van der Waals surface area contributed by atoms with Crippen LogP contribution in [0.5, 0.6) is 0 Å². The zero-order chi connectivity index (χ0) is 21.1. The van der Waals surface area contributed by atoms with Crippen LogP contribution in [-0.2, 0) is 21.5 Å². The molecule has 0 aliphatic heterocycles. The van der Waals surface area contributed by atoms with Crippen LogP contribution in [0.2, 0.25) is 10.0 Å². The van der Waals surface area contributed by atoms with E-state index in [1.807, 2.05) is 0 Å². The summed E-state index contributed by atoms with van der Waals surface area (Å²) in [7, 11) is -4.78. The van der Waals surface area contributed by atoms with E-state index in [0.29, 0.717) is 5.02 Å². The molecule has 2 aromatic rings. The van der Waals surface area contributed by atoms with E-state index < -0.39 is 15.5 Å². The molecule has 0 aliphatic rings. The number of hydrogen-bond acceptors (Lipinski definition) is 4. The predicted octanol–water partition coefficient (Wildman–Crippen LogP) is 5.22. The van der Waals surface area contributed by atoms with E-state index >= 15 is 0 Å². The van der Waals surface area contributed by atoms with Gasteiger partial charge in [-0.05, 0) is 42.8 Å². The molecule has 0 saturated heterocycles. The molecule has 0 spiro atoms. The Hall–Kier alpha value is -1.97. The van der Waals surface area contributed by atoms with Crippen molar-refractivity contribution in [2.75, 3.05) is 11.4 Å². The second-order valence-electron chi connectivity index (χ2n) is 5.66. The molecule has 2 rings (SSSR count). The molecule has 0 bridgehead atoms. The second kappa shape index (κ2) is 8.59. The quantitative estimate of drug-likeness (QED) is 0.444. The molecule has 0 N–H and O–H groups in total. The van der Waals surface area contributed by atoms with E-state index in [2.05, 4.69) is 5.16 Å². The van der Waals surface area contributed by atoms with Crippen LogP contribution in [0.4, 0.5) is 18.9 Å². The first-order valence-corrected chi connectivity index (χ1v) is 9.89. The Bertz CT molecular complexity index is 978. The standard InChI is InChI=1S/C17H15Cl2F3N2O3S/c1-11(23-27-10-12-3-5-13(18)6-4-12)15-9-14(19)7-8-16(15)24(2)28(25,26)17(20,21)22/h3-9H,10H2,1-2H3/b23-11+. The van der Waals surface area contributed by atoms with Crippen molar-refractivity contribution in [3.8, 4) is 0 Å². The summed E-state index contributed by atoms with van der Waals surface area (Å²) in [6.45, 7) is 1.55. The lowest BCUT2D eigenvalue weighted by Crippen LogP contribution is -2.38. The first kappa shape index (κ1) is 22.3. The number of sulfonamides is 1. The number of anilines is 1. The van der Waals surface area contributed by atoms with E-state index in [4.69, 9.17) is 28.0 Å². The summed E-state index contributed by atoms with van der Waals surface area (Å²) in [4.78, 5) is 5.21. The van der Waals surface area contributed by atoms with Crippen molar-refractivity contribution in [2.45, 2.75) is 19.0 Å². The molecule has 0 fully saturated rings. The summed E-state index contributed by atoms with van der Waals surface area (Å²) in [6.07, 6.45) is 0. The number of rotatable bonds is 6. The van der Waals surface area contributed by atoms with Crippen molar-refractivity contribution in [1.29, 1.82) is 0 Å². The first-order chi connectivity index (χ1) is 12.9. The van der Waals surface area contributed by atoms with Crippen LogP contribution in [0.3, 0.4) is 0 Å². The minimum absolute atomic E-state index is 0.0823. The fourth-order valence-corrected chi connectivity index (χ4v) is 3.22. The third-order valence-corrected chi connectivity index (χ3v) is 5.68. The van der Waals surface area contributed by atoms with Gasteiger partial charge in [0.1, 0.15) is 6.61 Å². The average Bonchev–Trinajstić information content (AvgIpc) is 2.61. The zero-order valence-electron chi connectivity index (χ0n) is 14.7. The third kappa shape index (κ3) is 5.09. The smallest absolute Gasteiger partial charge is 0.391 e. The highest BCUT2D eigenvalue weighted by atomic mass is 35.5. The number of benzene rings is 2. The monoisotopic (exact) mass is 454 g/mol. The van der Waals surface area contributed by atoms with Crippen molar-refractivity contribution < 1.29 is 26.4 Å². The van der Waals surface area contributed by atoms with Crippen LogP contribution >= 0.6 is 23.2 Å². The summed E-state index contributed by atoms with van der Waals surface area (Å²) < 4.78 is 62.2. The highest BCUT2D eigenvalue weighted by Gasteiger charge is 2.49. The molecule has 152 valence electrons. The van der Waals surface area contributed by atoms with E-state index in [-0.39, 0.29) is 32.9 Å². The van der Waals surface area contributed by atoms with Crippen LogP contribution < -0.4 is 4.31 Å². The lowest BCUT2D eigenvalue weighted by Gasteiger charge is -2.23. The van der Waals surface area contributed by atoms with Crippen molar-refractivity contribution >= 4 is 44.6 Å². The van der Waals surface area contributed by atoms with Crippen LogP contribution in [-0.4, -0.2) is 26.7 Å². The van der Waals surface area contributed by atoms with Gasteiger partial charge in [-0.1, -0.05) is 40.5 Å². The van der Waals surface area contributed by atoms with Gasteiger partial charge < -0.3 is 4.84 Å². The zero-order valence-corrected chi connectivity index (χ0v) is 17.0. The maximum atomic E-state index is 12.9. The van der Waals surface area contributed by atoms with Crippen LogP contribution in [0, 0.1) is 0 Å². The van der Waals surface area contributed by atoms with Gasteiger partial charge in [-0.25, -0.2) is 0 Å². The molecule has 0 unspecified atom stereocenters. The Morgan fingerprint density at radius 1 is 1.11 bits per heavy atom. The summed E-state index contributed by atoms with van der Waals surface area (Å²) >= 11 is 11.7. The Kier molecular flexibility index (Phi) is 6.84. The largest absolute Gasteiger partial charge is 0.516 e. The first-order valence-electron chi connectivity index (χ1n) is 7.69. The highest BCUT2D eigenvalue weighted by Crippen LogP contribution is 2.33.